The molecular formula is C14H15N5. The van der Waals surface area contributed by atoms with Crippen molar-refractivity contribution in [2.45, 2.75) is 20.8 Å². The molecule has 1 N–H and O–H groups in total. The zero-order valence-corrected chi connectivity index (χ0v) is 11.2. The van der Waals surface area contributed by atoms with Crippen LogP contribution in [-0.4, -0.2) is 21.5 Å². The molecule has 0 aromatic carbocycles. The maximum atomic E-state index is 8.94. The van der Waals surface area contributed by atoms with Crippen molar-refractivity contribution in [2.75, 3.05) is 11.9 Å². The van der Waals surface area contributed by atoms with Crippen LogP contribution in [0.25, 0.3) is 11.3 Å². The summed E-state index contributed by atoms with van der Waals surface area (Å²) in [6.45, 7) is 6.61. The number of nitrogens with zero attached hydrogens (tertiary/aromatic N) is 4. The van der Waals surface area contributed by atoms with Crippen LogP contribution in [0.5, 0.6) is 0 Å². The lowest BCUT2D eigenvalue weighted by molar-refractivity contribution is 1.03. The molecule has 0 aliphatic rings. The second-order valence-corrected chi connectivity index (χ2v) is 4.20. The third-order valence-electron chi connectivity index (χ3n) is 2.79. The molecule has 2 aromatic heterocycles. The Bertz CT molecular complexity index is 643. The Hall–Kier alpha value is -2.48. The smallest absolute Gasteiger partial charge is 0.152 e. The van der Waals surface area contributed by atoms with Crippen LogP contribution in [0.1, 0.15) is 23.9 Å². The predicted octanol–water partition coefficient (Wildman–Crippen LogP) is 2.46. The molecule has 96 valence electrons. The first-order valence-corrected chi connectivity index (χ1v) is 6.10. The highest BCUT2D eigenvalue weighted by atomic mass is 15.0. The van der Waals surface area contributed by atoms with E-state index in [1.165, 1.54) is 6.20 Å². The zero-order chi connectivity index (χ0) is 13.8. The Labute approximate surface area is 112 Å². The SMILES string of the molecule is CCNc1nc(C)c(C)nc1-c1cncc(C#N)c1. The number of nitriles is 1. The summed E-state index contributed by atoms with van der Waals surface area (Å²) in [5.74, 6) is 0.725. The fraction of sp³-hybridized carbons (Fsp3) is 0.286. The average molecular weight is 253 g/mol. The highest BCUT2D eigenvalue weighted by Gasteiger charge is 2.11. The van der Waals surface area contributed by atoms with Crippen LogP contribution in [0.2, 0.25) is 0 Å². The quantitative estimate of drug-likeness (QED) is 0.909. The number of hydrogen-bond donors (Lipinski definition) is 1. The van der Waals surface area contributed by atoms with Crippen LogP contribution in [0, 0.1) is 25.2 Å². The van der Waals surface area contributed by atoms with E-state index in [1.54, 1.807) is 12.3 Å². The van der Waals surface area contributed by atoms with Gasteiger partial charge in [0.1, 0.15) is 11.8 Å². The molecule has 2 heterocycles. The number of aryl methyl sites for hydroxylation is 2. The van der Waals surface area contributed by atoms with E-state index in [0.29, 0.717) is 5.56 Å². The van der Waals surface area contributed by atoms with E-state index in [0.717, 1.165) is 35.0 Å². The van der Waals surface area contributed by atoms with E-state index in [9.17, 15) is 0 Å². The maximum absolute atomic E-state index is 8.94. The topological polar surface area (TPSA) is 74.5 Å². The van der Waals surface area contributed by atoms with E-state index in [4.69, 9.17) is 5.26 Å². The maximum Gasteiger partial charge on any atom is 0.152 e. The van der Waals surface area contributed by atoms with Gasteiger partial charge in [-0.1, -0.05) is 0 Å². The summed E-state index contributed by atoms with van der Waals surface area (Å²) in [4.78, 5) is 13.1. The van der Waals surface area contributed by atoms with Gasteiger partial charge in [0, 0.05) is 24.5 Å². The summed E-state index contributed by atoms with van der Waals surface area (Å²) in [5.41, 5.74) is 3.81. The molecule has 2 rings (SSSR count). The number of nitrogens with one attached hydrogen (secondary N) is 1. The summed E-state index contributed by atoms with van der Waals surface area (Å²) in [5, 5.41) is 12.1. The van der Waals surface area contributed by atoms with Crippen molar-refractivity contribution in [3.05, 3.63) is 35.4 Å². The lowest BCUT2D eigenvalue weighted by Crippen LogP contribution is -2.06. The summed E-state index contributed by atoms with van der Waals surface area (Å²) in [7, 11) is 0. The summed E-state index contributed by atoms with van der Waals surface area (Å²) in [6, 6.07) is 3.85. The van der Waals surface area contributed by atoms with Gasteiger partial charge < -0.3 is 5.32 Å². The number of rotatable bonds is 3. The molecule has 0 atom stereocenters. The third-order valence-corrected chi connectivity index (χ3v) is 2.79. The Balaban J connectivity index is 2.59. The van der Waals surface area contributed by atoms with Gasteiger partial charge in [0.15, 0.2) is 5.82 Å². The number of pyridine rings is 1. The monoisotopic (exact) mass is 253 g/mol. The third kappa shape index (κ3) is 2.68. The van der Waals surface area contributed by atoms with Gasteiger partial charge in [-0.15, -0.1) is 0 Å². The molecule has 0 unspecified atom stereocenters. The molecule has 0 saturated heterocycles. The zero-order valence-electron chi connectivity index (χ0n) is 11.2. The van der Waals surface area contributed by atoms with Crippen molar-refractivity contribution in [2.24, 2.45) is 0 Å². The van der Waals surface area contributed by atoms with Crippen molar-refractivity contribution in [1.82, 2.24) is 15.0 Å². The molecule has 5 nitrogen and oxygen atoms in total. The van der Waals surface area contributed by atoms with Crippen LogP contribution >= 0.6 is 0 Å². The van der Waals surface area contributed by atoms with Crippen LogP contribution in [0.15, 0.2) is 18.5 Å². The van der Waals surface area contributed by atoms with Gasteiger partial charge in [0.2, 0.25) is 0 Å². The van der Waals surface area contributed by atoms with E-state index in [-0.39, 0.29) is 0 Å². The highest BCUT2D eigenvalue weighted by molar-refractivity contribution is 5.72. The van der Waals surface area contributed by atoms with Crippen LogP contribution in [-0.2, 0) is 0 Å². The summed E-state index contributed by atoms with van der Waals surface area (Å²) in [6.07, 6.45) is 3.23. The van der Waals surface area contributed by atoms with Gasteiger partial charge in [0.25, 0.3) is 0 Å². The minimum Gasteiger partial charge on any atom is -0.369 e. The molecule has 2 aromatic rings. The Morgan fingerprint density at radius 2 is 1.95 bits per heavy atom. The first-order valence-electron chi connectivity index (χ1n) is 6.10. The predicted molar refractivity (Wildman–Crippen MR) is 73.6 cm³/mol. The van der Waals surface area contributed by atoms with E-state index < -0.39 is 0 Å². The second-order valence-electron chi connectivity index (χ2n) is 4.20. The van der Waals surface area contributed by atoms with Crippen molar-refractivity contribution >= 4 is 5.82 Å². The lowest BCUT2D eigenvalue weighted by atomic mass is 10.1. The second kappa shape index (κ2) is 5.44. The largest absolute Gasteiger partial charge is 0.369 e. The van der Waals surface area contributed by atoms with Gasteiger partial charge in [0.05, 0.1) is 17.0 Å². The number of hydrogen-bond acceptors (Lipinski definition) is 5. The molecular weight excluding hydrogens is 238 g/mol. The van der Waals surface area contributed by atoms with Crippen molar-refractivity contribution in [3.63, 3.8) is 0 Å². The molecule has 0 radical (unpaired) electrons. The van der Waals surface area contributed by atoms with E-state index in [1.807, 2.05) is 20.8 Å². The molecule has 0 aliphatic carbocycles. The normalized spacial score (nSPS) is 10.0. The van der Waals surface area contributed by atoms with Crippen LogP contribution < -0.4 is 5.32 Å². The van der Waals surface area contributed by atoms with Crippen LogP contribution in [0.3, 0.4) is 0 Å². The minimum atomic E-state index is 0.514. The van der Waals surface area contributed by atoms with Gasteiger partial charge in [-0.3, -0.25) is 4.98 Å². The first kappa shape index (κ1) is 13.0. The van der Waals surface area contributed by atoms with Gasteiger partial charge in [-0.2, -0.15) is 5.26 Å². The Kier molecular flexibility index (Phi) is 3.71. The Morgan fingerprint density at radius 1 is 1.21 bits per heavy atom. The molecule has 0 fully saturated rings. The fourth-order valence-corrected chi connectivity index (χ4v) is 1.73. The van der Waals surface area contributed by atoms with Gasteiger partial charge >= 0.3 is 0 Å². The molecule has 0 saturated carbocycles. The fourth-order valence-electron chi connectivity index (χ4n) is 1.73. The standard InChI is InChI=1S/C14H15N5/c1-4-17-14-13(18-9(2)10(3)19-14)12-5-11(6-15)7-16-8-12/h5,7-8H,4H2,1-3H3,(H,17,19). The van der Waals surface area contributed by atoms with Gasteiger partial charge in [-0.05, 0) is 26.8 Å². The Morgan fingerprint density at radius 3 is 2.63 bits per heavy atom. The van der Waals surface area contributed by atoms with Crippen LogP contribution in [0.4, 0.5) is 5.82 Å². The van der Waals surface area contributed by atoms with E-state index in [2.05, 4.69) is 26.3 Å². The average Bonchev–Trinajstić information content (AvgIpc) is 2.43. The first-order chi connectivity index (χ1) is 9.15. The van der Waals surface area contributed by atoms with E-state index >= 15 is 0 Å². The number of anilines is 1. The minimum absolute atomic E-state index is 0.514. The molecule has 0 bridgehead atoms. The van der Waals surface area contributed by atoms with Crippen molar-refractivity contribution in [1.29, 1.82) is 5.26 Å². The molecule has 0 spiro atoms. The lowest BCUT2D eigenvalue weighted by Gasteiger charge is -2.11. The number of aromatic nitrogens is 3. The van der Waals surface area contributed by atoms with Crippen molar-refractivity contribution in [3.8, 4) is 17.3 Å². The summed E-state index contributed by atoms with van der Waals surface area (Å²) < 4.78 is 0. The highest BCUT2D eigenvalue weighted by Crippen LogP contribution is 2.25. The molecule has 0 aliphatic heterocycles. The van der Waals surface area contributed by atoms with Crippen molar-refractivity contribution < 1.29 is 0 Å². The molecule has 19 heavy (non-hydrogen) atoms. The molecule has 5 heteroatoms. The molecule has 0 amide bonds. The van der Waals surface area contributed by atoms with Gasteiger partial charge in [-0.25, -0.2) is 9.97 Å². The summed E-state index contributed by atoms with van der Waals surface area (Å²) >= 11 is 0.